The quantitative estimate of drug-likeness (QED) is 0.681. The predicted octanol–water partition coefficient (Wildman–Crippen LogP) is 3.60. The second-order valence-electron chi connectivity index (χ2n) is 10.8. The van der Waals surface area contributed by atoms with Crippen molar-refractivity contribution in [2.75, 3.05) is 13.1 Å². The van der Waals surface area contributed by atoms with Crippen LogP contribution in [0.25, 0.3) is 0 Å². The molecule has 3 amide bonds. The van der Waals surface area contributed by atoms with Gasteiger partial charge in [-0.15, -0.1) is 0 Å². The van der Waals surface area contributed by atoms with Gasteiger partial charge >= 0.3 is 6.09 Å². The van der Waals surface area contributed by atoms with E-state index in [1.54, 1.807) is 21.9 Å². The minimum atomic E-state index is -0.807. The molecule has 8 nitrogen and oxygen atoms in total. The van der Waals surface area contributed by atoms with Crippen molar-refractivity contribution in [3.05, 3.63) is 29.3 Å². The zero-order valence-corrected chi connectivity index (χ0v) is 21.3. The van der Waals surface area contributed by atoms with Crippen LogP contribution in [0.5, 0.6) is 5.75 Å². The minimum absolute atomic E-state index is 0.0414. The van der Waals surface area contributed by atoms with E-state index in [4.69, 9.17) is 4.74 Å². The zero-order valence-electron chi connectivity index (χ0n) is 21.3. The molecular weight excluding hydrogens is 434 g/mol. The Morgan fingerprint density at radius 1 is 1.21 bits per heavy atom. The Bertz CT molecular complexity index is 937. The number of carbonyl (C=O) groups excluding carboxylic acids is 3. The van der Waals surface area contributed by atoms with Gasteiger partial charge in [0.15, 0.2) is 0 Å². The smallest absolute Gasteiger partial charge is 0.410 e. The summed E-state index contributed by atoms with van der Waals surface area (Å²) in [4.78, 5) is 43.1. The third kappa shape index (κ3) is 5.65. The van der Waals surface area contributed by atoms with Crippen molar-refractivity contribution in [1.29, 1.82) is 0 Å². The predicted molar refractivity (Wildman–Crippen MR) is 129 cm³/mol. The first-order chi connectivity index (χ1) is 15.9. The van der Waals surface area contributed by atoms with Crippen molar-refractivity contribution >= 4 is 17.9 Å². The number of hydrogen-bond acceptors (Lipinski definition) is 5. The number of fused-ring (bicyclic) bond motifs is 1. The van der Waals surface area contributed by atoms with Gasteiger partial charge in [-0.1, -0.05) is 19.9 Å². The van der Waals surface area contributed by atoms with Crippen LogP contribution in [0.15, 0.2) is 18.2 Å². The van der Waals surface area contributed by atoms with Crippen molar-refractivity contribution in [1.82, 2.24) is 15.1 Å². The number of amides is 3. The van der Waals surface area contributed by atoms with Crippen LogP contribution in [0.2, 0.25) is 0 Å². The van der Waals surface area contributed by atoms with Gasteiger partial charge < -0.3 is 25.0 Å². The van der Waals surface area contributed by atoms with E-state index in [-0.39, 0.29) is 36.7 Å². The molecule has 1 aromatic carbocycles. The Morgan fingerprint density at radius 2 is 1.88 bits per heavy atom. The molecule has 8 heteroatoms. The van der Waals surface area contributed by atoms with Gasteiger partial charge in [0.05, 0.1) is 5.41 Å². The second kappa shape index (κ2) is 9.84. The molecule has 34 heavy (non-hydrogen) atoms. The molecule has 1 unspecified atom stereocenters. The van der Waals surface area contributed by atoms with Crippen molar-refractivity contribution in [3.63, 3.8) is 0 Å². The number of likely N-dealkylation sites (tertiary alicyclic amines) is 1. The molecule has 3 rings (SSSR count). The number of aromatic hydroxyl groups is 1. The molecule has 0 aliphatic carbocycles. The number of rotatable bonds is 5. The van der Waals surface area contributed by atoms with Crippen LogP contribution in [0.4, 0.5) is 4.79 Å². The summed E-state index contributed by atoms with van der Waals surface area (Å²) in [5.41, 5.74) is 0.378. The van der Waals surface area contributed by atoms with Gasteiger partial charge in [0.2, 0.25) is 11.8 Å². The van der Waals surface area contributed by atoms with E-state index in [0.29, 0.717) is 19.4 Å². The molecule has 2 atom stereocenters. The minimum Gasteiger partial charge on any atom is -0.508 e. The summed E-state index contributed by atoms with van der Waals surface area (Å²) >= 11 is 0. The Morgan fingerprint density at radius 3 is 2.50 bits per heavy atom. The van der Waals surface area contributed by atoms with Crippen LogP contribution >= 0.6 is 0 Å². The molecule has 0 aromatic heterocycles. The molecule has 0 radical (unpaired) electrons. The molecule has 0 saturated carbocycles. The van der Waals surface area contributed by atoms with Gasteiger partial charge in [0, 0.05) is 32.1 Å². The van der Waals surface area contributed by atoms with E-state index in [0.717, 1.165) is 24.0 Å². The fourth-order valence-electron chi connectivity index (χ4n) is 4.77. The van der Waals surface area contributed by atoms with Crippen LogP contribution < -0.4 is 5.32 Å². The molecule has 2 aliphatic heterocycles. The maximum atomic E-state index is 13.9. The highest BCUT2D eigenvalue weighted by Crippen LogP contribution is 2.36. The fraction of sp³-hybridized carbons (Fsp3) is 0.654. The average molecular weight is 474 g/mol. The van der Waals surface area contributed by atoms with E-state index in [9.17, 15) is 19.5 Å². The SMILES string of the molecule is CCC(CC)NC(=O)[C@@H]1Cc2cc(O)ccc2CN1C(=O)C1(C)CCN(C(=O)OC(C)(C)C)C1. The number of hydrogen-bond donors (Lipinski definition) is 2. The fourth-order valence-corrected chi connectivity index (χ4v) is 4.77. The summed E-state index contributed by atoms with van der Waals surface area (Å²) in [6.07, 6.45) is 2.04. The van der Waals surface area contributed by atoms with E-state index < -0.39 is 23.2 Å². The van der Waals surface area contributed by atoms with Crippen LogP contribution in [0.3, 0.4) is 0 Å². The van der Waals surface area contributed by atoms with Gasteiger partial charge in [-0.3, -0.25) is 9.59 Å². The number of phenols is 1. The highest BCUT2D eigenvalue weighted by atomic mass is 16.6. The number of phenolic OH excluding ortho intramolecular Hbond substituents is 1. The Kier molecular flexibility index (Phi) is 7.48. The van der Waals surface area contributed by atoms with E-state index >= 15 is 0 Å². The van der Waals surface area contributed by atoms with E-state index in [2.05, 4.69) is 5.32 Å². The summed E-state index contributed by atoms with van der Waals surface area (Å²) in [6.45, 7) is 12.3. The van der Waals surface area contributed by atoms with Gasteiger partial charge in [-0.05, 0) is 70.2 Å². The Balaban J connectivity index is 1.85. The van der Waals surface area contributed by atoms with Gasteiger partial charge in [0.1, 0.15) is 17.4 Å². The van der Waals surface area contributed by atoms with Crippen molar-refractivity contribution in [3.8, 4) is 5.75 Å². The van der Waals surface area contributed by atoms with E-state index in [1.807, 2.05) is 47.6 Å². The highest BCUT2D eigenvalue weighted by Gasteiger charge is 2.48. The number of carbonyl (C=O) groups is 3. The summed E-state index contributed by atoms with van der Waals surface area (Å²) < 4.78 is 5.50. The normalized spacial score (nSPS) is 22.5. The van der Waals surface area contributed by atoms with Crippen LogP contribution in [0, 0.1) is 5.41 Å². The van der Waals surface area contributed by atoms with Crippen LogP contribution in [-0.2, 0) is 27.3 Å². The largest absolute Gasteiger partial charge is 0.508 e. The van der Waals surface area contributed by atoms with Crippen LogP contribution in [-0.4, -0.2) is 63.6 Å². The molecule has 2 N–H and O–H groups in total. The van der Waals surface area contributed by atoms with Gasteiger partial charge in [-0.2, -0.15) is 0 Å². The topological polar surface area (TPSA) is 99.2 Å². The number of nitrogens with one attached hydrogen (secondary N) is 1. The molecule has 2 aliphatic rings. The number of nitrogens with zero attached hydrogens (tertiary/aromatic N) is 2. The first kappa shape index (κ1) is 25.8. The zero-order chi connectivity index (χ0) is 25.3. The van der Waals surface area contributed by atoms with Crippen molar-refractivity contribution in [2.24, 2.45) is 5.41 Å². The molecule has 188 valence electrons. The second-order valence-corrected chi connectivity index (χ2v) is 10.8. The maximum Gasteiger partial charge on any atom is 0.410 e. The monoisotopic (exact) mass is 473 g/mol. The first-order valence-electron chi connectivity index (χ1n) is 12.3. The lowest BCUT2D eigenvalue weighted by molar-refractivity contribution is -0.149. The Hall–Kier alpha value is -2.77. The molecule has 1 fully saturated rings. The third-order valence-electron chi connectivity index (χ3n) is 6.86. The highest BCUT2D eigenvalue weighted by molar-refractivity contribution is 5.91. The molecule has 0 bridgehead atoms. The van der Waals surface area contributed by atoms with Crippen molar-refractivity contribution in [2.45, 2.75) is 91.5 Å². The number of ether oxygens (including phenoxy) is 1. The summed E-state index contributed by atoms with van der Waals surface area (Å²) in [5.74, 6) is -0.169. The lowest BCUT2D eigenvalue weighted by Gasteiger charge is -2.40. The molecule has 2 heterocycles. The van der Waals surface area contributed by atoms with Gasteiger partial charge in [0.25, 0.3) is 0 Å². The molecule has 1 saturated heterocycles. The van der Waals surface area contributed by atoms with E-state index in [1.165, 1.54) is 0 Å². The lowest BCUT2D eigenvalue weighted by atomic mass is 9.84. The third-order valence-corrected chi connectivity index (χ3v) is 6.86. The average Bonchev–Trinajstić information content (AvgIpc) is 3.18. The first-order valence-corrected chi connectivity index (χ1v) is 12.3. The summed E-state index contributed by atoms with van der Waals surface area (Å²) in [7, 11) is 0. The maximum absolute atomic E-state index is 13.9. The summed E-state index contributed by atoms with van der Waals surface area (Å²) in [5, 5.41) is 13.0. The van der Waals surface area contributed by atoms with Crippen molar-refractivity contribution < 1.29 is 24.2 Å². The standard InChI is InChI=1S/C26H39N3O5/c1-7-19(8-2)27-22(31)21-14-18-13-20(30)10-9-17(18)15-29(21)23(32)26(6)11-12-28(16-26)24(33)34-25(3,4)5/h9-10,13,19,21,30H,7-8,11-12,14-16H2,1-6H3,(H,27,31)/t21-,26?/m0/s1. The molecular formula is C26H39N3O5. The lowest BCUT2D eigenvalue weighted by Crippen LogP contribution is -2.57. The van der Waals surface area contributed by atoms with Crippen LogP contribution in [0.1, 0.15) is 71.9 Å². The number of benzene rings is 1. The molecule has 0 spiro atoms. The molecule has 1 aromatic rings. The van der Waals surface area contributed by atoms with Gasteiger partial charge in [-0.25, -0.2) is 4.79 Å². The Labute approximate surface area is 202 Å². The summed E-state index contributed by atoms with van der Waals surface area (Å²) in [6, 6.07) is 4.46.